The number of hydrogen-bond acceptors (Lipinski definition) is 2. The Morgan fingerprint density at radius 1 is 1.22 bits per heavy atom. The molecule has 1 N–H and O–H groups in total. The van der Waals surface area contributed by atoms with Crippen molar-refractivity contribution in [2.75, 3.05) is 0 Å². The van der Waals surface area contributed by atoms with Crippen LogP contribution in [0.25, 0.3) is 0 Å². The smallest absolute Gasteiger partial charge is 0.407 e. The van der Waals surface area contributed by atoms with Crippen LogP contribution in [0.5, 0.6) is 0 Å². The van der Waals surface area contributed by atoms with Gasteiger partial charge in [0.2, 0.25) is 0 Å². The van der Waals surface area contributed by atoms with Crippen LogP contribution in [0.2, 0.25) is 19.6 Å². The maximum atomic E-state index is 14.0. The zero-order chi connectivity index (χ0) is 17.8. The summed E-state index contributed by atoms with van der Waals surface area (Å²) in [6, 6.07) is 2.35. The van der Waals surface area contributed by atoms with Crippen LogP contribution in [-0.2, 0) is 11.3 Å². The van der Waals surface area contributed by atoms with Crippen molar-refractivity contribution in [3.63, 3.8) is 0 Å². The first kappa shape index (κ1) is 19.2. The third-order valence-corrected chi connectivity index (χ3v) is 3.38. The number of ether oxygens (including phenoxy) is 1. The van der Waals surface area contributed by atoms with Gasteiger partial charge in [-0.1, -0.05) is 25.6 Å². The van der Waals surface area contributed by atoms with Crippen LogP contribution in [0.15, 0.2) is 12.1 Å². The molecule has 0 unspecified atom stereocenters. The van der Waals surface area contributed by atoms with E-state index in [1.807, 2.05) is 19.6 Å². The van der Waals surface area contributed by atoms with Gasteiger partial charge in [-0.2, -0.15) is 0 Å². The predicted octanol–water partition coefficient (Wildman–Crippen LogP) is 4.22. The van der Waals surface area contributed by atoms with Gasteiger partial charge in [-0.15, -0.1) is 5.54 Å². The molecule has 0 saturated heterocycles. The molecule has 126 valence electrons. The minimum Gasteiger partial charge on any atom is -0.444 e. The number of rotatable bonds is 2. The molecule has 0 aliphatic heterocycles. The van der Waals surface area contributed by atoms with Gasteiger partial charge in [0, 0.05) is 6.54 Å². The minimum atomic E-state index is -1.72. The highest BCUT2D eigenvalue weighted by molar-refractivity contribution is 6.83. The van der Waals surface area contributed by atoms with Gasteiger partial charge in [-0.25, -0.2) is 13.6 Å². The van der Waals surface area contributed by atoms with Gasteiger partial charge >= 0.3 is 6.09 Å². The summed E-state index contributed by atoms with van der Waals surface area (Å²) in [6.07, 6.45) is -0.638. The van der Waals surface area contributed by atoms with Crippen molar-refractivity contribution >= 4 is 14.2 Å². The van der Waals surface area contributed by atoms with Gasteiger partial charge in [-0.3, -0.25) is 0 Å². The molecule has 6 heteroatoms. The first-order chi connectivity index (χ1) is 10.4. The largest absolute Gasteiger partial charge is 0.444 e. The second-order valence-corrected chi connectivity index (χ2v) is 12.0. The van der Waals surface area contributed by atoms with Gasteiger partial charge in [0.15, 0.2) is 0 Å². The quantitative estimate of drug-likeness (QED) is 0.647. The summed E-state index contributed by atoms with van der Waals surface area (Å²) in [4.78, 5) is 11.5. The first-order valence-corrected chi connectivity index (χ1v) is 10.9. The topological polar surface area (TPSA) is 38.3 Å². The van der Waals surface area contributed by atoms with Crippen LogP contribution >= 0.6 is 0 Å². The fraction of sp³-hybridized carbons (Fsp3) is 0.471. The molecular weight excluding hydrogens is 316 g/mol. The van der Waals surface area contributed by atoms with E-state index in [1.165, 1.54) is 12.1 Å². The normalized spacial score (nSPS) is 11.5. The molecule has 0 atom stereocenters. The maximum Gasteiger partial charge on any atom is 0.407 e. The van der Waals surface area contributed by atoms with Crippen molar-refractivity contribution in [1.82, 2.24) is 5.32 Å². The van der Waals surface area contributed by atoms with Gasteiger partial charge in [0.05, 0.1) is 5.56 Å². The molecule has 0 heterocycles. The predicted molar refractivity (Wildman–Crippen MR) is 89.7 cm³/mol. The van der Waals surface area contributed by atoms with E-state index in [-0.39, 0.29) is 12.1 Å². The summed E-state index contributed by atoms with van der Waals surface area (Å²) in [5.41, 5.74) is 2.39. The molecule has 23 heavy (non-hydrogen) atoms. The average molecular weight is 339 g/mol. The Labute approximate surface area is 137 Å². The fourth-order valence-electron chi connectivity index (χ4n) is 1.59. The molecule has 0 aromatic heterocycles. The highest BCUT2D eigenvalue weighted by Crippen LogP contribution is 2.15. The Balaban J connectivity index is 2.85. The summed E-state index contributed by atoms with van der Waals surface area (Å²) in [7, 11) is -1.72. The van der Waals surface area contributed by atoms with Crippen molar-refractivity contribution in [1.29, 1.82) is 0 Å². The van der Waals surface area contributed by atoms with E-state index in [0.717, 1.165) is 0 Å². The molecule has 1 rings (SSSR count). The lowest BCUT2D eigenvalue weighted by molar-refractivity contribution is 0.0523. The lowest BCUT2D eigenvalue weighted by Crippen LogP contribution is -2.32. The number of alkyl carbamates (subject to hydrolysis) is 1. The number of benzene rings is 1. The van der Waals surface area contributed by atoms with Gasteiger partial charge in [-0.05, 0) is 38.5 Å². The van der Waals surface area contributed by atoms with E-state index in [0.29, 0.717) is 5.56 Å². The number of halogens is 2. The molecule has 0 fully saturated rings. The van der Waals surface area contributed by atoms with E-state index in [9.17, 15) is 13.6 Å². The summed E-state index contributed by atoms with van der Waals surface area (Å²) in [5, 5.41) is 2.46. The second kappa shape index (κ2) is 7.13. The van der Waals surface area contributed by atoms with Crippen LogP contribution in [0.3, 0.4) is 0 Å². The van der Waals surface area contributed by atoms with E-state index in [4.69, 9.17) is 4.74 Å². The number of amides is 1. The second-order valence-electron chi connectivity index (χ2n) is 7.29. The molecular formula is C17H23F2NO2Si. The molecule has 1 amide bonds. The number of nitrogens with one attached hydrogen (secondary N) is 1. The molecule has 0 bridgehead atoms. The first-order valence-electron chi connectivity index (χ1n) is 7.35. The van der Waals surface area contributed by atoms with Crippen molar-refractivity contribution in [3.05, 3.63) is 34.9 Å². The van der Waals surface area contributed by atoms with E-state index in [2.05, 4.69) is 16.8 Å². The lowest BCUT2D eigenvalue weighted by Gasteiger charge is -2.19. The minimum absolute atomic E-state index is 0.0233. The molecule has 1 aromatic carbocycles. The molecule has 0 saturated carbocycles. The van der Waals surface area contributed by atoms with Gasteiger partial charge < -0.3 is 10.1 Å². The zero-order valence-electron chi connectivity index (χ0n) is 14.4. The van der Waals surface area contributed by atoms with Crippen molar-refractivity contribution in [2.45, 2.75) is 52.6 Å². The Hall–Kier alpha value is -1.87. The maximum absolute atomic E-state index is 14.0. The molecule has 1 aromatic rings. The molecule has 0 aliphatic rings. The zero-order valence-corrected chi connectivity index (χ0v) is 15.4. The van der Waals surface area contributed by atoms with Crippen molar-refractivity contribution in [2.24, 2.45) is 0 Å². The monoisotopic (exact) mass is 339 g/mol. The average Bonchev–Trinajstić information content (AvgIpc) is 2.31. The number of hydrogen-bond donors (Lipinski definition) is 1. The molecule has 0 radical (unpaired) electrons. The van der Waals surface area contributed by atoms with Crippen LogP contribution in [0, 0.1) is 23.1 Å². The molecule has 0 aliphatic carbocycles. The third-order valence-electron chi connectivity index (χ3n) is 2.50. The number of carbonyl (C=O) groups excluding carboxylic acids is 1. The summed E-state index contributed by atoms with van der Waals surface area (Å²) in [5.74, 6) is 1.14. The Bertz CT molecular complexity index is 626. The van der Waals surface area contributed by atoms with Crippen molar-refractivity contribution in [3.8, 4) is 11.5 Å². The van der Waals surface area contributed by atoms with Gasteiger partial charge in [0.25, 0.3) is 0 Å². The summed E-state index contributed by atoms with van der Waals surface area (Å²) >= 11 is 0. The highest BCUT2D eigenvalue weighted by atomic mass is 28.3. The van der Waals surface area contributed by atoms with Gasteiger partial charge in [0.1, 0.15) is 25.3 Å². The summed E-state index contributed by atoms with van der Waals surface area (Å²) < 4.78 is 33.1. The number of carbonyl (C=O) groups is 1. The third kappa shape index (κ3) is 7.29. The molecule has 0 spiro atoms. The SMILES string of the molecule is CC(C)(C)OC(=O)NCc1cc(F)c(C#C[Si](C)(C)C)c(F)c1. The van der Waals surface area contributed by atoms with E-state index < -0.39 is 31.4 Å². The highest BCUT2D eigenvalue weighted by Gasteiger charge is 2.16. The van der Waals surface area contributed by atoms with Crippen LogP contribution in [0.4, 0.5) is 13.6 Å². The van der Waals surface area contributed by atoms with Crippen LogP contribution in [-0.4, -0.2) is 19.8 Å². The fourth-order valence-corrected chi connectivity index (χ4v) is 2.09. The Kier molecular flexibility index (Phi) is 5.95. The Morgan fingerprint density at radius 2 is 1.74 bits per heavy atom. The molecule has 3 nitrogen and oxygen atoms in total. The van der Waals surface area contributed by atoms with Crippen molar-refractivity contribution < 1.29 is 18.3 Å². The standard InChI is InChI=1S/C17H23F2NO2Si/c1-17(2,3)22-16(21)20-11-12-9-14(18)13(15(19)10-12)7-8-23(4,5)6/h9-10H,11H2,1-6H3,(H,20,21). The van der Waals surface area contributed by atoms with E-state index in [1.54, 1.807) is 20.8 Å². The summed E-state index contributed by atoms with van der Waals surface area (Å²) in [6.45, 7) is 11.2. The van der Waals surface area contributed by atoms with E-state index >= 15 is 0 Å². The Morgan fingerprint density at radius 3 is 2.17 bits per heavy atom. The van der Waals surface area contributed by atoms with Crippen LogP contribution in [0.1, 0.15) is 31.9 Å². The lowest BCUT2D eigenvalue weighted by atomic mass is 10.1. The van der Waals surface area contributed by atoms with Crippen LogP contribution < -0.4 is 5.32 Å².